The quantitative estimate of drug-likeness (QED) is 0.514. The number of hydrogen-bond acceptors (Lipinski definition) is 2. The molecule has 2 aromatic rings. The lowest BCUT2D eigenvalue weighted by Crippen LogP contribution is -2.57. The lowest BCUT2D eigenvalue weighted by Gasteiger charge is -2.42. The summed E-state index contributed by atoms with van der Waals surface area (Å²) >= 11 is 18.1. The number of nitrogens with one attached hydrogen (secondary N) is 2. The zero-order valence-electron chi connectivity index (χ0n) is 14.8. The van der Waals surface area contributed by atoms with E-state index in [1.54, 1.807) is 0 Å². The number of thiocarbonyl (C=S) groups is 2. The predicted molar refractivity (Wildman–Crippen MR) is 128 cm³/mol. The minimum Gasteiger partial charge on any atom is -0.345 e. The van der Waals surface area contributed by atoms with E-state index in [9.17, 15) is 0 Å². The van der Waals surface area contributed by atoms with Crippen molar-refractivity contribution in [3.63, 3.8) is 0 Å². The minimum absolute atomic E-state index is 0.263. The Morgan fingerprint density at radius 2 is 1.33 bits per heavy atom. The van der Waals surface area contributed by atoms with Crippen LogP contribution in [0.5, 0.6) is 0 Å². The van der Waals surface area contributed by atoms with Crippen molar-refractivity contribution >= 4 is 77.9 Å². The molecule has 8 heteroatoms. The average molecular weight is 528 g/mol. The highest BCUT2D eigenvalue weighted by Gasteiger charge is 2.26. The van der Waals surface area contributed by atoms with E-state index >= 15 is 0 Å². The molecule has 1 aliphatic heterocycles. The molecule has 0 aliphatic carbocycles. The Morgan fingerprint density at radius 3 is 1.81 bits per heavy atom. The van der Waals surface area contributed by atoms with Gasteiger partial charge in [-0.05, 0) is 79.9 Å². The van der Waals surface area contributed by atoms with Crippen molar-refractivity contribution in [1.82, 2.24) is 9.80 Å². The maximum absolute atomic E-state index is 5.62. The van der Waals surface area contributed by atoms with Gasteiger partial charge in [-0.25, -0.2) is 0 Å². The first kappa shape index (κ1) is 20.5. The average Bonchev–Trinajstić information content (AvgIpc) is 2.65. The van der Waals surface area contributed by atoms with Gasteiger partial charge in [-0.15, -0.1) is 0 Å². The second kappa shape index (κ2) is 9.32. The Hall–Kier alpha value is -1.22. The molecule has 1 saturated heterocycles. The van der Waals surface area contributed by atoms with E-state index in [0.717, 1.165) is 50.2 Å². The van der Waals surface area contributed by atoms with E-state index in [2.05, 4.69) is 59.2 Å². The lowest BCUT2D eigenvalue weighted by molar-refractivity contribution is 0.200. The van der Waals surface area contributed by atoms with Crippen molar-refractivity contribution in [2.75, 3.05) is 30.3 Å². The summed E-state index contributed by atoms with van der Waals surface area (Å²) in [6.45, 7) is 4.65. The monoisotopic (exact) mass is 526 g/mol. The smallest absolute Gasteiger partial charge is 0.173 e. The van der Waals surface area contributed by atoms with Gasteiger partial charge in [0.15, 0.2) is 10.2 Å². The number of halogens is 2. The van der Waals surface area contributed by atoms with E-state index < -0.39 is 0 Å². The first-order valence-corrected chi connectivity index (χ1v) is 11.0. The summed E-state index contributed by atoms with van der Waals surface area (Å²) in [5.41, 5.74) is 1.98. The molecule has 0 amide bonds. The third-order valence-corrected chi connectivity index (χ3v) is 6.12. The fourth-order valence-corrected chi connectivity index (χ4v) is 4.11. The molecule has 1 fully saturated rings. The molecule has 0 unspecified atom stereocenters. The fraction of sp³-hybridized carbons (Fsp3) is 0.263. The molecule has 4 nitrogen and oxygen atoms in total. The van der Waals surface area contributed by atoms with E-state index in [4.69, 9.17) is 24.4 Å². The van der Waals surface area contributed by atoms with E-state index in [0.29, 0.717) is 0 Å². The molecule has 142 valence electrons. The number of rotatable bonds is 2. The fourth-order valence-electron chi connectivity index (χ4n) is 2.91. The number of piperazine rings is 1. The zero-order chi connectivity index (χ0) is 19.4. The van der Waals surface area contributed by atoms with Crippen LogP contribution in [0.25, 0.3) is 0 Å². The van der Waals surface area contributed by atoms with Gasteiger partial charge in [0.05, 0.1) is 0 Å². The third kappa shape index (κ3) is 5.63. The lowest BCUT2D eigenvalue weighted by atomic mass is 10.2. The molecule has 1 atom stereocenters. The standard InChI is InChI=1S/C19H20Br2N4S2/c1-13-12-24(18(26)22-16-6-2-14(20)3-7-16)10-11-25(13)19(27)23-17-8-4-15(21)5-9-17/h2-9,13H,10-12H2,1H3,(H,22,26)(H,23,27)/t13-/m1/s1. The molecule has 0 bridgehead atoms. The first-order valence-electron chi connectivity index (χ1n) is 8.57. The van der Waals surface area contributed by atoms with Gasteiger partial charge in [0.2, 0.25) is 0 Å². The summed E-state index contributed by atoms with van der Waals surface area (Å²) < 4.78 is 2.10. The van der Waals surface area contributed by atoms with Crippen molar-refractivity contribution in [3.8, 4) is 0 Å². The molecule has 0 saturated carbocycles. The van der Waals surface area contributed by atoms with Crippen LogP contribution in [0, 0.1) is 0 Å². The zero-order valence-corrected chi connectivity index (χ0v) is 19.6. The Balaban J connectivity index is 1.54. The van der Waals surface area contributed by atoms with Crippen LogP contribution in [0.4, 0.5) is 11.4 Å². The van der Waals surface area contributed by atoms with E-state index in [-0.39, 0.29) is 6.04 Å². The summed E-state index contributed by atoms with van der Waals surface area (Å²) in [5.74, 6) is 0. The third-order valence-electron chi connectivity index (χ3n) is 4.37. The molecule has 1 aliphatic rings. The van der Waals surface area contributed by atoms with Crippen LogP contribution in [0.15, 0.2) is 57.5 Å². The molecular formula is C19H20Br2N4S2. The highest BCUT2D eigenvalue weighted by Crippen LogP contribution is 2.18. The van der Waals surface area contributed by atoms with E-state index in [1.165, 1.54) is 0 Å². The summed E-state index contributed by atoms with van der Waals surface area (Å²) in [4.78, 5) is 4.41. The van der Waals surface area contributed by atoms with Crippen LogP contribution in [0.1, 0.15) is 6.92 Å². The first-order chi connectivity index (χ1) is 12.9. The summed E-state index contributed by atoms with van der Waals surface area (Å²) in [6, 6.07) is 16.3. The van der Waals surface area contributed by atoms with E-state index in [1.807, 2.05) is 48.5 Å². The molecular weight excluding hydrogens is 508 g/mol. The SMILES string of the molecule is C[C@@H]1CN(C(=S)Nc2ccc(Br)cc2)CCN1C(=S)Nc1ccc(Br)cc1. The summed E-state index contributed by atoms with van der Waals surface area (Å²) in [7, 11) is 0. The van der Waals surface area contributed by atoms with Crippen molar-refractivity contribution in [3.05, 3.63) is 57.5 Å². The predicted octanol–water partition coefficient (Wildman–Crippen LogP) is 5.31. The second-order valence-corrected chi connectivity index (χ2v) is 8.97. The Labute approximate surface area is 187 Å². The van der Waals surface area contributed by atoms with Crippen LogP contribution in [-0.2, 0) is 0 Å². The number of anilines is 2. The van der Waals surface area contributed by atoms with Gasteiger partial charge in [-0.3, -0.25) is 0 Å². The van der Waals surface area contributed by atoms with Crippen molar-refractivity contribution < 1.29 is 0 Å². The van der Waals surface area contributed by atoms with Crippen LogP contribution in [0.2, 0.25) is 0 Å². The second-order valence-electron chi connectivity index (χ2n) is 6.36. The highest BCUT2D eigenvalue weighted by atomic mass is 79.9. The molecule has 0 aromatic heterocycles. The number of nitrogens with zero attached hydrogens (tertiary/aromatic N) is 2. The summed E-state index contributed by atoms with van der Waals surface area (Å²) in [5, 5.41) is 8.13. The van der Waals surface area contributed by atoms with Gasteiger partial charge in [-0.1, -0.05) is 31.9 Å². The molecule has 1 heterocycles. The van der Waals surface area contributed by atoms with Gasteiger partial charge in [0.1, 0.15) is 0 Å². The van der Waals surface area contributed by atoms with Gasteiger partial charge in [0.25, 0.3) is 0 Å². The topological polar surface area (TPSA) is 30.5 Å². The van der Waals surface area contributed by atoms with Crippen molar-refractivity contribution in [2.45, 2.75) is 13.0 Å². The van der Waals surface area contributed by atoms with Crippen LogP contribution < -0.4 is 10.6 Å². The minimum atomic E-state index is 0.263. The summed E-state index contributed by atoms with van der Waals surface area (Å²) in [6.07, 6.45) is 0. The Kier molecular flexibility index (Phi) is 7.08. The van der Waals surface area contributed by atoms with Gasteiger partial charge >= 0.3 is 0 Å². The largest absolute Gasteiger partial charge is 0.345 e. The Morgan fingerprint density at radius 1 is 0.852 bits per heavy atom. The van der Waals surface area contributed by atoms with Crippen LogP contribution >= 0.6 is 56.3 Å². The molecule has 27 heavy (non-hydrogen) atoms. The number of benzene rings is 2. The van der Waals surface area contributed by atoms with Crippen molar-refractivity contribution in [2.24, 2.45) is 0 Å². The molecule has 0 radical (unpaired) electrons. The number of hydrogen-bond donors (Lipinski definition) is 2. The maximum atomic E-state index is 5.62. The molecule has 2 aromatic carbocycles. The van der Waals surface area contributed by atoms with Gasteiger partial charge < -0.3 is 20.4 Å². The molecule has 0 spiro atoms. The molecule has 3 rings (SSSR count). The van der Waals surface area contributed by atoms with Crippen LogP contribution in [0.3, 0.4) is 0 Å². The normalized spacial score (nSPS) is 16.8. The van der Waals surface area contributed by atoms with Gasteiger partial charge in [0, 0.05) is 46.0 Å². The highest BCUT2D eigenvalue weighted by molar-refractivity contribution is 9.10. The van der Waals surface area contributed by atoms with Crippen LogP contribution in [-0.4, -0.2) is 45.7 Å². The van der Waals surface area contributed by atoms with Gasteiger partial charge in [-0.2, -0.15) is 0 Å². The Bertz CT molecular complexity index is 811. The maximum Gasteiger partial charge on any atom is 0.173 e. The van der Waals surface area contributed by atoms with Crippen molar-refractivity contribution in [1.29, 1.82) is 0 Å². The molecule has 2 N–H and O–H groups in total.